The summed E-state index contributed by atoms with van der Waals surface area (Å²) in [4.78, 5) is 54.4. The largest absolute Gasteiger partial charge is 0.452 e. The summed E-state index contributed by atoms with van der Waals surface area (Å²) < 4.78 is 5.42. The van der Waals surface area contributed by atoms with Gasteiger partial charge in [-0.3, -0.25) is 19.3 Å². The number of benzene rings is 3. The predicted octanol–water partition coefficient (Wildman–Crippen LogP) is 3.17. The van der Waals surface area contributed by atoms with Gasteiger partial charge in [0, 0.05) is 19.9 Å². The van der Waals surface area contributed by atoms with Gasteiger partial charge in [0.15, 0.2) is 6.61 Å². The van der Waals surface area contributed by atoms with Gasteiger partial charge < -0.3 is 15.0 Å². The van der Waals surface area contributed by atoms with Crippen molar-refractivity contribution in [2.45, 2.75) is 31.5 Å². The number of carbonyl (C=O) groups excluding carboxylic acids is 4. The van der Waals surface area contributed by atoms with Crippen molar-refractivity contribution in [3.63, 3.8) is 0 Å². The van der Waals surface area contributed by atoms with E-state index in [0.29, 0.717) is 11.3 Å². The van der Waals surface area contributed by atoms with Crippen molar-refractivity contribution < 1.29 is 23.9 Å². The number of rotatable bonds is 5. The molecule has 8 nitrogen and oxygen atoms in total. The highest BCUT2D eigenvalue weighted by atomic mass is 16.5. The summed E-state index contributed by atoms with van der Waals surface area (Å²) >= 11 is 0. The van der Waals surface area contributed by atoms with Crippen LogP contribution in [0.15, 0.2) is 66.7 Å². The zero-order valence-electron chi connectivity index (χ0n) is 19.5. The van der Waals surface area contributed by atoms with Crippen LogP contribution in [0.1, 0.15) is 41.7 Å². The molecule has 1 saturated heterocycles. The topological polar surface area (TPSA) is 96.0 Å². The van der Waals surface area contributed by atoms with Crippen LogP contribution in [0.3, 0.4) is 0 Å². The molecule has 2 atom stereocenters. The van der Waals surface area contributed by atoms with Gasteiger partial charge in [-0.15, -0.1) is 0 Å². The number of amides is 3. The monoisotopic (exact) mass is 471 g/mol. The summed E-state index contributed by atoms with van der Waals surface area (Å²) in [5.41, 5.74) is 0.0619. The third-order valence-corrected chi connectivity index (χ3v) is 6.87. The molecule has 178 valence electrons. The van der Waals surface area contributed by atoms with Crippen molar-refractivity contribution >= 4 is 40.2 Å². The molecular formula is C27H25N3O5. The quantitative estimate of drug-likeness (QED) is 0.577. The second kappa shape index (κ2) is 8.54. The zero-order valence-corrected chi connectivity index (χ0v) is 19.5. The number of carbonyl (C=O) groups is 4. The number of hydrogen-bond donors (Lipinski definition) is 1. The first-order valence-corrected chi connectivity index (χ1v) is 11.5. The molecule has 0 radical (unpaired) electrons. The first kappa shape index (κ1) is 22.6. The average molecular weight is 472 g/mol. The number of ether oxygens (including phenoxy) is 1. The Morgan fingerprint density at radius 2 is 1.74 bits per heavy atom. The lowest BCUT2D eigenvalue weighted by Crippen LogP contribution is -2.67. The predicted molar refractivity (Wildman–Crippen MR) is 129 cm³/mol. The van der Waals surface area contributed by atoms with E-state index in [0.717, 1.165) is 16.3 Å². The molecule has 0 aromatic heterocycles. The maximum atomic E-state index is 13.4. The minimum Gasteiger partial charge on any atom is -0.452 e. The van der Waals surface area contributed by atoms with Crippen LogP contribution in [0.2, 0.25) is 0 Å². The van der Waals surface area contributed by atoms with Crippen molar-refractivity contribution in [2.75, 3.05) is 18.6 Å². The summed E-state index contributed by atoms with van der Waals surface area (Å²) in [6.07, 6.45) is 0.181. The number of nitrogens with zero attached hydrogens (tertiary/aromatic N) is 2. The minimum absolute atomic E-state index is 0.0887. The lowest BCUT2D eigenvalue weighted by molar-refractivity contribution is -0.159. The van der Waals surface area contributed by atoms with Crippen LogP contribution in [-0.2, 0) is 19.1 Å². The Labute approximate surface area is 202 Å². The fourth-order valence-electron chi connectivity index (χ4n) is 5.13. The standard InChI is InChI=1S/C27H25N3O5/c1-17(19-12-7-9-18-8-3-4-10-20(18)19)28-23(31)16-35-26(34)27-15-14-24(32)30(27)22-13-6-5-11-21(22)25(33)29(27)2/h3-13,17H,14-16H2,1-2H3,(H,28,31). The van der Waals surface area contributed by atoms with Gasteiger partial charge in [-0.25, -0.2) is 4.79 Å². The molecule has 1 N–H and O–H groups in total. The number of fused-ring (bicyclic) bond motifs is 4. The summed E-state index contributed by atoms with van der Waals surface area (Å²) in [7, 11) is 1.48. The van der Waals surface area contributed by atoms with E-state index < -0.39 is 24.1 Å². The third kappa shape index (κ3) is 3.53. The Morgan fingerprint density at radius 1 is 1.03 bits per heavy atom. The van der Waals surface area contributed by atoms with E-state index in [1.54, 1.807) is 24.3 Å². The molecular weight excluding hydrogens is 446 g/mol. The number of para-hydroxylation sites is 1. The number of nitrogens with one attached hydrogen (secondary N) is 1. The van der Waals surface area contributed by atoms with E-state index in [9.17, 15) is 19.2 Å². The van der Waals surface area contributed by atoms with Crippen LogP contribution in [-0.4, -0.2) is 47.9 Å². The van der Waals surface area contributed by atoms with Crippen LogP contribution >= 0.6 is 0 Å². The molecule has 3 aromatic carbocycles. The molecule has 0 bridgehead atoms. The highest BCUT2D eigenvalue weighted by Gasteiger charge is 2.60. The number of likely N-dealkylation sites (N-methyl/N-ethyl adjacent to an activating group) is 1. The second-order valence-electron chi connectivity index (χ2n) is 8.86. The van der Waals surface area contributed by atoms with E-state index in [1.165, 1.54) is 16.8 Å². The third-order valence-electron chi connectivity index (χ3n) is 6.87. The van der Waals surface area contributed by atoms with Gasteiger partial charge in [0.1, 0.15) is 0 Å². The number of esters is 1. The van der Waals surface area contributed by atoms with Gasteiger partial charge in [-0.05, 0) is 35.4 Å². The molecule has 5 rings (SSSR count). The van der Waals surface area contributed by atoms with Gasteiger partial charge in [0.05, 0.1) is 17.3 Å². The molecule has 3 amide bonds. The van der Waals surface area contributed by atoms with Crippen LogP contribution in [0.5, 0.6) is 0 Å². The summed E-state index contributed by atoms with van der Waals surface area (Å²) in [5.74, 6) is -1.93. The molecule has 2 heterocycles. The van der Waals surface area contributed by atoms with Crippen LogP contribution in [0.4, 0.5) is 5.69 Å². The molecule has 8 heteroatoms. The lowest BCUT2D eigenvalue weighted by atomic mass is 9.97. The SMILES string of the molecule is CC(NC(=O)COC(=O)C12CCC(=O)N1c1ccccc1C(=O)N2C)c1cccc2ccccc12. The first-order chi connectivity index (χ1) is 16.8. The van der Waals surface area contributed by atoms with Crippen LogP contribution in [0.25, 0.3) is 10.8 Å². The molecule has 2 unspecified atom stereocenters. The smallest absolute Gasteiger partial charge is 0.354 e. The van der Waals surface area contributed by atoms with E-state index in [4.69, 9.17) is 4.74 Å². The molecule has 1 fully saturated rings. The molecule has 0 saturated carbocycles. The fourth-order valence-corrected chi connectivity index (χ4v) is 5.13. The molecule has 2 aliphatic heterocycles. The molecule has 0 aliphatic carbocycles. The molecule has 2 aliphatic rings. The highest BCUT2D eigenvalue weighted by molar-refractivity contribution is 6.15. The van der Waals surface area contributed by atoms with Gasteiger partial charge >= 0.3 is 5.97 Å². The Bertz CT molecular complexity index is 1360. The summed E-state index contributed by atoms with van der Waals surface area (Å²) in [6.45, 7) is 1.34. The van der Waals surface area contributed by atoms with Crippen LogP contribution in [0, 0.1) is 0 Å². The molecule has 35 heavy (non-hydrogen) atoms. The van der Waals surface area contributed by atoms with Gasteiger partial charge in [-0.2, -0.15) is 0 Å². The Kier molecular flexibility index (Phi) is 5.51. The van der Waals surface area contributed by atoms with Crippen molar-refractivity contribution in [3.05, 3.63) is 77.9 Å². The van der Waals surface area contributed by atoms with Crippen molar-refractivity contribution in [3.8, 4) is 0 Å². The maximum absolute atomic E-state index is 13.4. The Morgan fingerprint density at radius 3 is 2.57 bits per heavy atom. The van der Waals surface area contributed by atoms with Crippen molar-refractivity contribution in [1.82, 2.24) is 10.2 Å². The van der Waals surface area contributed by atoms with Crippen molar-refractivity contribution in [2.24, 2.45) is 0 Å². The summed E-state index contributed by atoms with van der Waals surface area (Å²) in [5, 5.41) is 4.96. The Hall–Kier alpha value is -4.20. The summed E-state index contributed by atoms with van der Waals surface area (Å²) in [6, 6.07) is 20.1. The van der Waals surface area contributed by atoms with Crippen LogP contribution < -0.4 is 10.2 Å². The van der Waals surface area contributed by atoms with Gasteiger partial charge in [0.2, 0.25) is 11.6 Å². The van der Waals surface area contributed by atoms with Gasteiger partial charge in [-0.1, -0.05) is 54.6 Å². The normalized spacial score (nSPS) is 19.8. The maximum Gasteiger partial charge on any atom is 0.354 e. The lowest BCUT2D eigenvalue weighted by Gasteiger charge is -2.46. The highest BCUT2D eigenvalue weighted by Crippen LogP contribution is 2.44. The van der Waals surface area contributed by atoms with E-state index in [-0.39, 0.29) is 30.7 Å². The van der Waals surface area contributed by atoms with E-state index >= 15 is 0 Å². The van der Waals surface area contributed by atoms with Crippen molar-refractivity contribution in [1.29, 1.82) is 0 Å². The zero-order chi connectivity index (χ0) is 24.7. The average Bonchev–Trinajstić information content (AvgIpc) is 3.23. The molecule has 0 spiro atoms. The molecule has 3 aromatic rings. The second-order valence-corrected chi connectivity index (χ2v) is 8.86. The van der Waals surface area contributed by atoms with Gasteiger partial charge in [0.25, 0.3) is 11.8 Å². The number of anilines is 1. The minimum atomic E-state index is -1.61. The fraction of sp³-hybridized carbons (Fsp3) is 0.259. The first-order valence-electron chi connectivity index (χ1n) is 11.5. The van der Waals surface area contributed by atoms with E-state index in [1.807, 2.05) is 49.4 Å². The number of hydrogen-bond acceptors (Lipinski definition) is 5. The van der Waals surface area contributed by atoms with E-state index in [2.05, 4.69) is 5.32 Å². The Balaban J connectivity index is 1.33.